The van der Waals surface area contributed by atoms with E-state index in [0.29, 0.717) is 13.2 Å². The van der Waals surface area contributed by atoms with Crippen molar-refractivity contribution in [1.82, 2.24) is 0 Å². The second-order valence-electron chi connectivity index (χ2n) is 3.93. The van der Waals surface area contributed by atoms with Crippen molar-refractivity contribution in [2.45, 2.75) is 6.10 Å². The van der Waals surface area contributed by atoms with E-state index in [-0.39, 0.29) is 0 Å². The van der Waals surface area contributed by atoms with Crippen LogP contribution in [-0.4, -0.2) is 45.6 Å². The Bertz CT molecular complexity index is 316. The molecule has 0 bridgehead atoms. The molecule has 0 aliphatic rings. The van der Waals surface area contributed by atoms with Crippen LogP contribution in [0.2, 0.25) is 0 Å². The summed E-state index contributed by atoms with van der Waals surface area (Å²) in [6, 6.07) is 8.04. The van der Waals surface area contributed by atoms with E-state index in [2.05, 4.69) is 5.32 Å². The summed E-state index contributed by atoms with van der Waals surface area (Å²) in [5.41, 5.74) is 2.13. The minimum absolute atomic E-state index is 0.348. The number of aliphatic hydroxyl groups excluding tert-OH is 1. The normalized spacial score (nSPS) is 12.2. The number of ether oxygens (including phenoxy) is 1. The highest BCUT2D eigenvalue weighted by molar-refractivity contribution is 5.57. The van der Waals surface area contributed by atoms with Crippen LogP contribution in [0.4, 0.5) is 11.4 Å². The smallest absolute Gasteiger partial charge is 0.0945 e. The molecule has 1 unspecified atom stereocenters. The lowest BCUT2D eigenvalue weighted by atomic mass is 10.2. The summed E-state index contributed by atoms with van der Waals surface area (Å²) in [7, 11) is 5.58. The maximum absolute atomic E-state index is 9.49. The van der Waals surface area contributed by atoms with Gasteiger partial charge in [-0.15, -0.1) is 0 Å². The van der Waals surface area contributed by atoms with Gasteiger partial charge in [0.1, 0.15) is 0 Å². The molecule has 16 heavy (non-hydrogen) atoms. The van der Waals surface area contributed by atoms with Crippen molar-refractivity contribution in [3.8, 4) is 0 Å². The third kappa shape index (κ3) is 4.08. The van der Waals surface area contributed by atoms with Crippen LogP contribution in [0.15, 0.2) is 24.3 Å². The third-order valence-corrected chi connectivity index (χ3v) is 2.26. The van der Waals surface area contributed by atoms with Crippen LogP contribution in [0.3, 0.4) is 0 Å². The van der Waals surface area contributed by atoms with Crippen molar-refractivity contribution >= 4 is 11.4 Å². The maximum atomic E-state index is 9.49. The molecule has 0 fully saturated rings. The van der Waals surface area contributed by atoms with E-state index in [4.69, 9.17) is 4.74 Å². The van der Waals surface area contributed by atoms with Crippen molar-refractivity contribution in [3.05, 3.63) is 24.3 Å². The van der Waals surface area contributed by atoms with Gasteiger partial charge in [0.2, 0.25) is 0 Å². The number of hydrogen-bond acceptors (Lipinski definition) is 4. The fourth-order valence-corrected chi connectivity index (χ4v) is 1.38. The monoisotopic (exact) mass is 224 g/mol. The van der Waals surface area contributed by atoms with Crippen molar-refractivity contribution in [3.63, 3.8) is 0 Å². The van der Waals surface area contributed by atoms with Crippen LogP contribution in [0.1, 0.15) is 0 Å². The van der Waals surface area contributed by atoms with Gasteiger partial charge in [0.25, 0.3) is 0 Å². The lowest BCUT2D eigenvalue weighted by Gasteiger charge is -2.15. The second-order valence-corrected chi connectivity index (χ2v) is 3.93. The number of aliphatic hydroxyl groups is 1. The predicted octanol–water partition coefficient (Wildman–Crippen LogP) is 1.17. The molecule has 4 nitrogen and oxygen atoms in total. The maximum Gasteiger partial charge on any atom is 0.0945 e. The van der Waals surface area contributed by atoms with E-state index in [1.165, 1.54) is 0 Å². The summed E-state index contributed by atoms with van der Waals surface area (Å²) in [6.07, 6.45) is -0.479. The Labute approximate surface area is 96.8 Å². The average molecular weight is 224 g/mol. The van der Waals surface area contributed by atoms with Crippen molar-refractivity contribution < 1.29 is 9.84 Å². The van der Waals surface area contributed by atoms with E-state index in [9.17, 15) is 5.11 Å². The van der Waals surface area contributed by atoms with Gasteiger partial charge in [-0.2, -0.15) is 0 Å². The first-order valence-electron chi connectivity index (χ1n) is 5.31. The third-order valence-electron chi connectivity index (χ3n) is 2.26. The Morgan fingerprint density at radius 3 is 2.81 bits per heavy atom. The van der Waals surface area contributed by atoms with Crippen LogP contribution < -0.4 is 10.2 Å². The quantitative estimate of drug-likeness (QED) is 0.761. The van der Waals surface area contributed by atoms with E-state index in [0.717, 1.165) is 11.4 Å². The van der Waals surface area contributed by atoms with Gasteiger partial charge < -0.3 is 20.1 Å². The average Bonchev–Trinajstić information content (AvgIpc) is 2.27. The van der Waals surface area contributed by atoms with Gasteiger partial charge in [0, 0.05) is 39.1 Å². The summed E-state index contributed by atoms with van der Waals surface area (Å²) in [5, 5.41) is 12.7. The van der Waals surface area contributed by atoms with Gasteiger partial charge in [0.15, 0.2) is 0 Å². The molecule has 0 aliphatic heterocycles. The Morgan fingerprint density at radius 1 is 1.44 bits per heavy atom. The molecule has 4 heteroatoms. The molecule has 0 aromatic heterocycles. The van der Waals surface area contributed by atoms with Gasteiger partial charge in [-0.05, 0) is 18.2 Å². The molecule has 0 aliphatic carbocycles. The van der Waals surface area contributed by atoms with Crippen LogP contribution >= 0.6 is 0 Å². The summed E-state index contributed by atoms with van der Waals surface area (Å²) < 4.78 is 4.86. The minimum Gasteiger partial charge on any atom is -0.389 e. The molecule has 0 spiro atoms. The van der Waals surface area contributed by atoms with Crippen LogP contribution in [-0.2, 0) is 4.74 Å². The number of rotatable bonds is 6. The molecule has 1 aromatic carbocycles. The molecule has 90 valence electrons. The van der Waals surface area contributed by atoms with Gasteiger partial charge >= 0.3 is 0 Å². The molecule has 1 rings (SSSR count). The summed E-state index contributed by atoms with van der Waals surface area (Å²) in [6.45, 7) is 0.838. The molecule has 1 aromatic rings. The minimum atomic E-state index is -0.479. The van der Waals surface area contributed by atoms with Crippen LogP contribution in [0.5, 0.6) is 0 Å². The first kappa shape index (κ1) is 12.8. The lowest BCUT2D eigenvalue weighted by Crippen LogP contribution is -2.24. The van der Waals surface area contributed by atoms with E-state index in [1.54, 1.807) is 7.11 Å². The Kier molecular flexibility index (Phi) is 5.08. The van der Waals surface area contributed by atoms with Gasteiger partial charge in [-0.25, -0.2) is 0 Å². The van der Waals surface area contributed by atoms with Gasteiger partial charge in [-0.1, -0.05) is 6.07 Å². The Morgan fingerprint density at radius 2 is 2.19 bits per heavy atom. The zero-order valence-corrected chi connectivity index (χ0v) is 10.1. The zero-order chi connectivity index (χ0) is 12.0. The molecule has 1 atom stereocenters. The first-order valence-corrected chi connectivity index (χ1v) is 5.31. The number of hydrogen-bond donors (Lipinski definition) is 2. The molecule has 2 N–H and O–H groups in total. The molecular formula is C12H20N2O2. The number of anilines is 2. The Balaban J connectivity index is 2.50. The molecule has 0 radical (unpaired) electrons. The van der Waals surface area contributed by atoms with E-state index in [1.807, 2.05) is 43.3 Å². The molecule has 0 saturated carbocycles. The van der Waals surface area contributed by atoms with Crippen molar-refractivity contribution in [2.75, 3.05) is 44.6 Å². The standard InChI is InChI=1S/C12H20N2O2/c1-14(2)11-6-4-5-10(7-11)13-8-12(15)9-16-3/h4-7,12-13,15H,8-9H2,1-3H3. The molecule has 0 amide bonds. The Hall–Kier alpha value is -1.26. The van der Waals surface area contributed by atoms with Gasteiger partial charge in [-0.3, -0.25) is 0 Å². The lowest BCUT2D eigenvalue weighted by molar-refractivity contribution is 0.0727. The second kappa shape index (κ2) is 6.35. The van der Waals surface area contributed by atoms with E-state index < -0.39 is 6.10 Å². The largest absolute Gasteiger partial charge is 0.389 e. The zero-order valence-electron chi connectivity index (χ0n) is 10.1. The summed E-state index contributed by atoms with van der Waals surface area (Å²) >= 11 is 0. The SMILES string of the molecule is COCC(O)CNc1cccc(N(C)C)c1. The fourth-order valence-electron chi connectivity index (χ4n) is 1.38. The highest BCUT2D eigenvalue weighted by Crippen LogP contribution is 2.16. The van der Waals surface area contributed by atoms with Crippen molar-refractivity contribution in [2.24, 2.45) is 0 Å². The number of nitrogens with zero attached hydrogens (tertiary/aromatic N) is 1. The highest BCUT2D eigenvalue weighted by Gasteiger charge is 2.03. The summed E-state index contributed by atoms with van der Waals surface area (Å²) in [4.78, 5) is 2.04. The fraction of sp³-hybridized carbons (Fsp3) is 0.500. The number of nitrogens with one attached hydrogen (secondary N) is 1. The van der Waals surface area contributed by atoms with Crippen molar-refractivity contribution in [1.29, 1.82) is 0 Å². The van der Waals surface area contributed by atoms with E-state index >= 15 is 0 Å². The molecule has 0 heterocycles. The highest BCUT2D eigenvalue weighted by atomic mass is 16.5. The summed E-state index contributed by atoms with van der Waals surface area (Å²) in [5.74, 6) is 0. The molecule has 0 saturated heterocycles. The predicted molar refractivity (Wildman–Crippen MR) is 67.1 cm³/mol. The van der Waals surface area contributed by atoms with Crippen LogP contribution in [0.25, 0.3) is 0 Å². The number of benzene rings is 1. The molecular weight excluding hydrogens is 204 g/mol. The first-order chi connectivity index (χ1) is 7.63. The topological polar surface area (TPSA) is 44.7 Å². The van der Waals surface area contributed by atoms with Gasteiger partial charge in [0.05, 0.1) is 12.7 Å². The van der Waals surface area contributed by atoms with Crippen LogP contribution in [0, 0.1) is 0 Å². The number of methoxy groups -OCH3 is 1.